The molecule has 1 nitrogen and oxygen atoms in total. The molecule has 0 aromatic carbocycles. The van der Waals surface area contributed by atoms with Crippen molar-refractivity contribution in [2.75, 3.05) is 18.9 Å². The molecule has 1 aliphatic carbocycles. The maximum atomic E-state index is 3.65. The van der Waals surface area contributed by atoms with Gasteiger partial charge in [0, 0.05) is 17.9 Å². The Morgan fingerprint density at radius 2 is 2.00 bits per heavy atom. The molecule has 0 N–H and O–H groups in total. The molecule has 0 heterocycles. The smallest absolute Gasteiger partial charge is 0.00948 e. The van der Waals surface area contributed by atoms with Crippen LogP contribution < -0.4 is 0 Å². The Kier molecular flexibility index (Phi) is 6.35. The fraction of sp³-hybridized carbons (Fsp3) is 1.00. The highest BCUT2D eigenvalue weighted by molar-refractivity contribution is 9.09. The predicted molar refractivity (Wildman–Crippen MR) is 76.2 cm³/mol. The molecule has 96 valence electrons. The molecule has 0 aromatic rings. The Hall–Kier alpha value is 0.440. The van der Waals surface area contributed by atoms with Crippen molar-refractivity contribution in [3.63, 3.8) is 0 Å². The van der Waals surface area contributed by atoms with Crippen LogP contribution in [0.4, 0.5) is 0 Å². The second-order valence-electron chi connectivity index (χ2n) is 6.02. The van der Waals surface area contributed by atoms with Crippen molar-refractivity contribution >= 4 is 15.9 Å². The Labute approximate surface area is 110 Å². The average Bonchev–Trinajstić information content (AvgIpc) is 2.25. The van der Waals surface area contributed by atoms with Gasteiger partial charge in [-0.05, 0) is 37.6 Å². The molecule has 0 radical (unpaired) electrons. The van der Waals surface area contributed by atoms with Gasteiger partial charge >= 0.3 is 0 Å². The van der Waals surface area contributed by atoms with Crippen molar-refractivity contribution in [3.05, 3.63) is 0 Å². The first-order valence-corrected chi connectivity index (χ1v) is 7.93. The summed E-state index contributed by atoms with van der Waals surface area (Å²) in [6.07, 6.45) is 5.69. The Bertz CT molecular complexity index is 193. The van der Waals surface area contributed by atoms with Gasteiger partial charge in [-0.1, -0.05) is 49.5 Å². The molecule has 1 saturated carbocycles. The van der Waals surface area contributed by atoms with Gasteiger partial charge in [0.1, 0.15) is 0 Å². The molecule has 0 amide bonds. The molecule has 16 heavy (non-hydrogen) atoms. The maximum Gasteiger partial charge on any atom is 0.00948 e. The third-order valence-electron chi connectivity index (χ3n) is 4.20. The fourth-order valence-electron chi connectivity index (χ4n) is 2.76. The first-order valence-electron chi connectivity index (χ1n) is 6.80. The van der Waals surface area contributed by atoms with Crippen LogP contribution in [-0.4, -0.2) is 29.9 Å². The molecular weight excluding hydrogens is 262 g/mol. The lowest BCUT2D eigenvalue weighted by Gasteiger charge is -2.36. The van der Waals surface area contributed by atoms with Gasteiger partial charge in [-0.2, -0.15) is 0 Å². The summed E-state index contributed by atoms with van der Waals surface area (Å²) in [6.45, 7) is 8.33. The SMILES string of the molecule is CC1CCCC(N(C)CC(CBr)C(C)C)C1. The van der Waals surface area contributed by atoms with E-state index in [1.807, 2.05) is 0 Å². The van der Waals surface area contributed by atoms with E-state index in [0.717, 1.165) is 29.1 Å². The highest BCUT2D eigenvalue weighted by atomic mass is 79.9. The van der Waals surface area contributed by atoms with Crippen LogP contribution in [0.5, 0.6) is 0 Å². The highest BCUT2D eigenvalue weighted by Crippen LogP contribution is 2.27. The minimum absolute atomic E-state index is 0.780. The predicted octanol–water partition coefficient (Wildman–Crippen LogP) is 4.16. The molecule has 0 aromatic heterocycles. The summed E-state index contributed by atoms with van der Waals surface area (Å²) in [7, 11) is 2.32. The fourth-order valence-corrected chi connectivity index (χ4v) is 3.71. The summed E-state index contributed by atoms with van der Waals surface area (Å²) in [5.41, 5.74) is 0. The number of hydrogen-bond acceptors (Lipinski definition) is 1. The summed E-state index contributed by atoms with van der Waals surface area (Å²) in [5, 5.41) is 1.14. The summed E-state index contributed by atoms with van der Waals surface area (Å²) in [4.78, 5) is 2.61. The largest absolute Gasteiger partial charge is 0.303 e. The summed E-state index contributed by atoms with van der Waals surface area (Å²) in [6, 6.07) is 0.837. The van der Waals surface area contributed by atoms with Crippen molar-refractivity contribution in [1.82, 2.24) is 4.90 Å². The molecule has 0 aliphatic heterocycles. The molecule has 0 saturated heterocycles. The average molecular weight is 290 g/mol. The summed E-state index contributed by atoms with van der Waals surface area (Å²) >= 11 is 3.65. The van der Waals surface area contributed by atoms with Crippen LogP contribution in [-0.2, 0) is 0 Å². The summed E-state index contributed by atoms with van der Waals surface area (Å²) < 4.78 is 0. The van der Waals surface area contributed by atoms with Gasteiger partial charge in [0.05, 0.1) is 0 Å². The van der Waals surface area contributed by atoms with Crippen molar-refractivity contribution in [2.24, 2.45) is 17.8 Å². The summed E-state index contributed by atoms with van der Waals surface area (Å²) in [5.74, 6) is 2.51. The number of hydrogen-bond donors (Lipinski definition) is 0. The Morgan fingerprint density at radius 1 is 1.31 bits per heavy atom. The van der Waals surface area contributed by atoms with Crippen LogP contribution >= 0.6 is 15.9 Å². The first kappa shape index (κ1) is 14.5. The van der Waals surface area contributed by atoms with E-state index < -0.39 is 0 Å². The molecule has 1 rings (SSSR count). The molecule has 1 aliphatic rings. The van der Waals surface area contributed by atoms with Gasteiger partial charge < -0.3 is 4.90 Å². The van der Waals surface area contributed by atoms with Crippen LogP contribution in [0, 0.1) is 17.8 Å². The second kappa shape index (κ2) is 7.00. The third-order valence-corrected chi connectivity index (χ3v) is 5.03. The van der Waals surface area contributed by atoms with E-state index in [-0.39, 0.29) is 0 Å². The minimum atomic E-state index is 0.780. The van der Waals surface area contributed by atoms with Crippen LogP contribution in [0.3, 0.4) is 0 Å². The van der Waals surface area contributed by atoms with Gasteiger partial charge in [-0.25, -0.2) is 0 Å². The molecule has 2 heteroatoms. The van der Waals surface area contributed by atoms with Crippen molar-refractivity contribution in [2.45, 2.75) is 52.5 Å². The van der Waals surface area contributed by atoms with Gasteiger partial charge in [0.25, 0.3) is 0 Å². The topological polar surface area (TPSA) is 3.24 Å². The van der Waals surface area contributed by atoms with E-state index in [2.05, 4.69) is 48.6 Å². The number of halogens is 1. The van der Waals surface area contributed by atoms with E-state index in [9.17, 15) is 0 Å². The molecule has 3 unspecified atom stereocenters. The number of nitrogens with zero attached hydrogens (tertiary/aromatic N) is 1. The molecule has 1 fully saturated rings. The van der Waals surface area contributed by atoms with Crippen LogP contribution in [0.15, 0.2) is 0 Å². The maximum absolute atomic E-state index is 3.65. The monoisotopic (exact) mass is 289 g/mol. The second-order valence-corrected chi connectivity index (χ2v) is 6.67. The van der Waals surface area contributed by atoms with Gasteiger partial charge in [0.15, 0.2) is 0 Å². The lowest BCUT2D eigenvalue weighted by Crippen LogP contribution is -2.39. The zero-order valence-electron chi connectivity index (χ0n) is 11.4. The zero-order valence-corrected chi connectivity index (χ0v) is 13.0. The van der Waals surface area contributed by atoms with Crippen LogP contribution in [0.1, 0.15) is 46.5 Å². The Morgan fingerprint density at radius 3 is 2.50 bits per heavy atom. The van der Waals surface area contributed by atoms with E-state index in [1.165, 1.54) is 32.2 Å². The molecule has 0 spiro atoms. The quantitative estimate of drug-likeness (QED) is 0.687. The van der Waals surface area contributed by atoms with Crippen LogP contribution in [0.25, 0.3) is 0 Å². The lowest BCUT2D eigenvalue weighted by molar-refractivity contribution is 0.137. The van der Waals surface area contributed by atoms with E-state index in [4.69, 9.17) is 0 Å². The minimum Gasteiger partial charge on any atom is -0.303 e. The number of rotatable bonds is 5. The molecule has 3 atom stereocenters. The zero-order chi connectivity index (χ0) is 12.1. The van der Waals surface area contributed by atoms with Gasteiger partial charge in [-0.3, -0.25) is 0 Å². The van der Waals surface area contributed by atoms with E-state index in [1.54, 1.807) is 0 Å². The van der Waals surface area contributed by atoms with Gasteiger partial charge in [0.2, 0.25) is 0 Å². The van der Waals surface area contributed by atoms with E-state index in [0.29, 0.717) is 0 Å². The normalized spacial score (nSPS) is 28.7. The first-order chi connectivity index (χ1) is 7.54. The van der Waals surface area contributed by atoms with Crippen molar-refractivity contribution < 1.29 is 0 Å². The van der Waals surface area contributed by atoms with E-state index >= 15 is 0 Å². The standard InChI is InChI=1S/C14H28BrN/c1-11(2)13(9-15)10-16(4)14-7-5-6-12(3)8-14/h11-14H,5-10H2,1-4H3. The number of alkyl halides is 1. The Balaban J connectivity index is 2.40. The van der Waals surface area contributed by atoms with Crippen molar-refractivity contribution in [1.29, 1.82) is 0 Å². The van der Waals surface area contributed by atoms with Crippen LogP contribution in [0.2, 0.25) is 0 Å². The molecule has 0 bridgehead atoms. The molecular formula is C14H28BrN. The lowest BCUT2D eigenvalue weighted by atomic mass is 9.85. The van der Waals surface area contributed by atoms with Gasteiger partial charge in [-0.15, -0.1) is 0 Å². The highest BCUT2D eigenvalue weighted by Gasteiger charge is 2.24. The van der Waals surface area contributed by atoms with Crippen molar-refractivity contribution in [3.8, 4) is 0 Å². The third kappa shape index (κ3) is 4.37.